The number of carbonyl (C=O) groups excluding carboxylic acids is 1. The fourth-order valence-corrected chi connectivity index (χ4v) is 5.50. The number of amides is 1. The summed E-state index contributed by atoms with van der Waals surface area (Å²) < 4.78 is 27.7. The van der Waals surface area contributed by atoms with E-state index in [0.29, 0.717) is 17.9 Å². The Morgan fingerprint density at radius 2 is 1.93 bits per heavy atom. The lowest BCUT2D eigenvalue weighted by atomic mass is 10.0. The Labute approximate surface area is 174 Å². The number of nitrogens with one attached hydrogen (secondary N) is 1. The van der Waals surface area contributed by atoms with Crippen LogP contribution in [0.2, 0.25) is 0 Å². The van der Waals surface area contributed by atoms with Gasteiger partial charge in [0, 0.05) is 18.3 Å². The average Bonchev–Trinajstić information content (AvgIpc) is 3.26. The Hall–Kier alpha value is -2.90. The van der Waals surface area contributed by atoms with E-state index in [-0.39, 0.29) is 10.8 Å². The second-order valence-corrected chi connectivity index (χ2v) is 9.36. The second-order valence-electron chi connectivity index (χ2n) is 6.72. The summed E-state index contributed by atoms with van der Waals surface area (Å²) in [6, 6.07) is 15.8. The van der Waals surface area contributed by atoms with Crippen molar-refractivity contribution in [2.75, 3.05) is 16.2 Å². The lowest BCUT2D eigenvalue weighted by Crippen LogP contribution is -2.35. The molecule has 2 aromatic carbocycles. The van der Waals surface area contributed by atoms with Gasteiger partial charge in [-0.2, -0.15) is 11.3 Å². The van der Waals surface area contributed by atoms with Crippen LogP contribution in [0.15, 0.2) is 76.3 Å². The van der Waals surface area contributed by atoms with Gasteiger partial charge in [-0.25, -0.2) is 8.42 Å². The third-order valence-corrected chi connectivity index (χ3v) is 7.26. The fraction of sp³-hybridized carbons (Fsp3) is 0.136. The van der Waals surface area contributed by atoms with Gasteiger partial charge in [0.25, 0.3) is 10.0 Å². The zero-order chi connectivity index (χ0) is 20.3. The van der Waals surface area contributed by atoms with Gasteiger partial charge in [-0.05, 0) is 71.1 Å². The number of rotatable bonds is 5. The SMILES string of the molecule is O=C(/C=C/c1ccsc1)Nc1ccc2c(c1)N(S(=O)(=O)c1ccccc1)CCC2. The van der Waals surface area contributed by atoms with Gasteiger partial charge in [-0.1, -0.05) is 24.3 Å². The van der Waals surface area contributed by atoms with Crippen LogP contribution in [0.3, 0.4) is 0 Å². The molecule has 7 heteroatoms. The van der Waals surface area contributed by atoms with Crippen molar-refractivity contribution in [3.8, 4) is 0 Å². The first-order valence-electron chi connectivity index (χ1n) is 9.26. The highest BCUT2D eigenvalue weighted by molar-refractivity contribution is 7.92. The number of fused-ring (bicyclic) bond motifs is 1. The maximum atomic E-state index is 13.1. The highest BCUT2D eigenvalue weighted by Gasteiger charge is 2.29. The van der Waals surface area contributed by atoms with Crippen molar-refractivity contribution in [1.29, 1.82) is 0 Å². The predicted molar refractivity (Wildman–Crippen MR) is 118 cm³/mol. The Morgan fingerprint density at radius 1 is 1.10 bits per heavy atom. The van der Waals surface area contributed by atoms with Crippen molar-refractivity contribution in [3.05, 3.63) is 82.6 Å². The number of carbonyl (C=O) groups is 1. The quantitative estimate of drug-likeness (QED) is 0.612. The first-order valence-corrected chi connectivity index (χ1v) is 11.6. The summed E-state index contributed by atoms with van der Waals surface area (Å²) in [5.74, 6) is -0.260. The van der Waals surface area contributed by atoms with Crippen molar-refractivity contribution >= 4 is 44.7 Å². The first-order chi connectivity index (χ1) is 14.0. The monoisotopic (exact) mass is 424 g/mol. The van der Waals surface area contributed by atoms with Gasteiger partial charge in [0.2, 0.25) is 5.91 Å². The molecule has 29 heavy (non-hydrogen) atoms. The van der Waals surface area contributed by atoms with Crippen LogP contribution in [-0.4, -0.2) is 20.9 Å². The van der Waals surface area contributed by atoms with Crippen molar-refractivity contribution in [3.63, 3.8) is 0 Å². The number of nitrogens with zero attached hydrogens (tertiary/aromatic N) is 1. The van der Waals surface area contributed by atoms with E-state index >= 15 is 0 Å². The van der Waals surface area contributed by atoms with Gasteiger partial charge in [0.05, 0.1) is 10.6 Å². The smallest absolute Gasteiger partial charge is 0.264 e. The summed E-state index contributed by atoms with van der Waals surface area (Å²) in [6.07, 6.45) is 4.78. The molecule has 0 unspecified atom stereocenters. The first kappa shape index (κ1) is 19.4. The largest absolute Gasteiger partial charge is 0.322 e. The van der Waals surface area contributed by atoms with E-state index in [9.17, 15) is 13.2 Å². The van der Waals surface area contributed by atoms with E-state index in [4.69, 9.17) is 0 Å². The Bertz CT molecular complexity index is 1140. The van der Waals surface area contributed by atoms with Crippen LogP contribution in [0.25, 0.3) is 6.08 Å². The van der Waals surface area contributed by atoms with Crippen LogP contribution >= 0.6 is 11.3 Å². The van der Waals surface area contributed by atoms with Gasteiger partial charge in [0.15, 0.2) is 0 Å². The zero-order valence-electron chi connectivity index (χ0n) is 15.6. The van der Waals surface area contributed by atoms with E-state index in [1.807, 2.05) is 29.0 Å². The van der Waals surface area contributed by atoms with Gasteiger partial charge in [-0.15, -0.1) is 0 Å². The predicted octanol–water partition coefficient (Wildman–Crippen LogP) is 4.54. The summed E-state index contributed by atoms with van der Waals surface area (Å²) in [6.45, 7) is 0.416. The number of aryl methyl sites for hydroxylation is 1. The molecule has 148 valence electrons. The molecule has 1 aliphatic heterocycles. The van der Waals surface area contributed by atoms with Gasteiger partial charge >= 0.3 is 0 Å². The maximum absolute atomic E-state index is 13.1. The second kappa shape index (κ2) is 8.23. The van der Waals surface area contributed by atoms with E-state index in [0.717, 1.165) is 24.0 Å². The lowest BCUT2D eigenvalue weighted by Gasteiger charge is -2.31. The Kier molecular flexibility index (Phi) is 5.51. The van der Waals surface area contributed by atoms with Crippen LogP contribution in [0, 0.1) is 0 Å². The molecule has 4 rings (SSSR count). The Morgan fingerprint density at radius 3 is 2.69 bits per heavy atom. The standard InChI is InChI=1S/C22H20N2O3S2/c25-22(11-8-17-12-14-28-16-17)23-19-10-9-18-5-4-13-24(21(18)15-19)29(26,27)20-6-2-1-3-7-20/h1-3,6-12,14-16H,4-5,13H2,(H,23,25)/b11-8+. The van der Waals surface area contributed by atoms with E-state index in [2.05, 4.69) is 5.32 Å². The van der Waals surface area contributed by atoms with Crippen molar-refractivity contribution in [2.24, 2.45) is 0 Å². The number of hydrogen-bond acceptors (Lipinski definition) is 4. The molecule has 3 aromatic rings. The molecule has 5 nitrogen and oxygen atoms in total. The number of sulfonamides is 1. The highest BCUT2D eigenvalue weighted by Crippen LogP contribution is 2.34. The van der Waals surface area contributed by atoms with Gasteiger partial charge in [0.1, 0.15) is 0 Å². The molecule has 0 fully saturated rings. The molecule has 0 aliphatic carbocycles. The number of anilines is 2. The summed E-state index contributed by atoms with van der Waals surface area (Å²) in [5.41, 5.74) is 3.12. The molecule has 1 aromatic heterocycles. The normalized spacial score (nSPS) is 14.0. The van der Waals surface area contributed by atoms with E-state index < -0.39 is 10.0 Å². The maximum Gasteiger partial charge on any atom is 0.264 e. The molecule has 0 atom stereocenters. The van der Waals surface area contributed by atoms with Gasteiger partial charge in [-0.3, -0.25) is 9.10 Å². The van der Waals surface area contributed by atoms with Crippen molar-refractivity contribution in [2.45, 2.75) is 17.7 Å². The van der Waals surface area contributed by atoms with Crippen LogP contribution in [0.1, 0.15) is 17.5 Å². The molecule has 0 spiro atoms. The summed E-state index contributed by atoms with van der Waals surface area (Å²) in [7, 11) is -3.65. The minimum absolute atomic E-state index is 0.260. The van der Waals surface area contributed by atoms with Crippen LogP contribution in [0.4, 0.5) is 11.4 Å². The topological polar surface area (TPSA) is 66.5 Å². The minimum Gasteiger partial charge on any atom is -0.322 e. The third kappa shape index (κ3) is 4.26. The molecule has 0 bridgehead atoms. The van der Waals surface area contributed by atoms with Crippen LogP contribution < -0.4 is 9.62 Å². The molecular formula is C22H20N2O3S2. The molecule has 1 N–H and O–H groups in total. The molecule has 0 saturated heterocycles. The molecule has 0 radical (unpaired) electrons. The third-order valence-electron chi connectivity index (χ3n) is 4.73. The van der Waals surface area contributed by atoms with Crippen LogP contribution in [-0.2, 0) is 21.2 Å². The van der Waals surface area contributed by atoms with E-state index in [1.165, 1.54) is 10.4 Å². The number of benzene rings is 2. The molecule has 0 saturated carbocycles. The van der Waals surface area contributed by atoms with Crippen molar-refractivity contribution in [1.82, 2.24) is 0 Å². The summed E-state index contributed by atoms with van der Waals surface area (Å²) in [5, 5.41) is 6.72. The zero-order valence-corrected chi connectivity index (χ0v) is 17.2. The summed E-state index contributed by atoms with van der Waals surface area (Å²) >= 11 is 1.57. The fourth-order valence-electron chi connectivity index (χ4n) is 3.31. The summed E-state index contributed by atoms with van der Waals surface area (Å²) in [4.78, 5) is 12.5. The number of thiophene rings is 1. The molecule has 1 aliphatic rings. The lowest BCUT2D eigenvalue weighted by molar-refractivity contribution is -0.111. The van der Waals surface area contributed by atoms with Crippen molar-refractivity contribution < 1.29 is 13.2 Å². The molecule has 1 amide bonds. The van der Waals surface area contributed by atoms with E-state index in [1.54, 1.807) is 53.8 Å². The van der Waals surface area contributed by atoms with Gasteiger partial charge < -0.3 is 5.32 Å². The number of hydrogen-bond donors (Lipinski definition) is 1. The highest BCUT2D eigenvalue weighted by atomic mass is 32.2. The molecule has 2 heterocycles. The minimum atomic E-state index is -3.65. The Balaban J connectivity index is 1.60. The molecular weight excluding hydrogens is 404 g/mol. The average molecular weight is 425 g/mol. The van der Waals surface area contributed by atoms with Crippen LogP contribution in [0.5, 0.6) is 0 Å².